The normalized spacial score (nSPS) is 18.1. The van der Waals surface area contributed by atoms with Crippen LogP contribution in [-0.2, 0) is 0 Å². The number of aryl methyl sites for hydroxylation is 1. The molecular formula is C25H30N6. The molecule has 0 spiro atoms. The lowest BCUT2D eigenvalue weighted by molar-refractivity contribution is 0.648. The van der Waals surface area contributed by atoms with E-state index >= 15 is 0 Å². The number of fused-ring (bicyclic) bond motifs is 4. The fraction of sp³-hybridized carbons (Fsp3) is 0.320. The molecule has 2 aromatic heterocycles. The van der Waals surface area contributed by atoms with E-state index < -0.39 is 0 Å². The van der Waals surface area contributed by atoms with Crippen molar-refractivity contribution in [2.24, 2.45) is 4.99 Å². The fourth-order valence-corrected chi connectivity index (χ4v) is 4.37. The summed E-state index contributed by atoms with van der Waals surface area (Å²) in [6.45, 7) is 16.3. The third-order valence-corrected chi connectivity index (χ3v) is 5.87. The predicted molar refractivity (Wildman–Crippen MR) is 129 cm³/mol. The number of allylic oxidation sites excluding steroid dienone is 3. The number of aliphatic imine (C=N–C) groups is 1. The molecule has 6 nitrogen and oxygen atoms in total. The van der Waals surface area contributed by atoms with Gasteiger partial charge in [0.2, 0.25) is 0 Å². The predicted octanol–water partition coefficient (Wildman–Crippen LogP) is 4.81. The van der Waals surface area contributed by atoms with Crippen molar-refractivity contribution in [3.63, 3.8) is 0 Å². The molecule has 0 aliphatic carbocycles. The van der Waals surface area contributed by atoms with Crippen LogP contribution in [0, 0.1) is 6.92 Å². The van der Waals surface area contributed by atoms with Crippen molar-refractivity contribution in [2.75, 3.05) is 22.9 Å². The Balaban J connectivity index is 1.70. The molecule has 0 radical (unpaired) electrons. The van der Waals surface area contributed by atoms with Crippen molar-refractivity contribution in [2.45, 2.75) is 39.7 Å². The summed E-state index contributed by atoms with van der Waals surface area (Å²) in [6.07, 6.45) is 7.16. The van der Waals surface area contributed by atoms with E-state index in [1.54, 1.807) is 12.3 Å². The van der Waals surface area contributed by atoms with Crippen LogP contribution in [0.4, 0.5) is 11.5 Å². The highest BCUT2D eigenvalue weighted by Gasteiger charge is 2.38. The first-order chi connectivity index (χ1) is 15.0. The van der Waals surface area contributed by atoms with E-state index in [1.807, 2.05) is 26.1 Å². The van der Waals surface area contributed by atoms with Gasteiger partial charge in [-0.25, -0.2) is 4.98 Å². The Morgan fingerprint density at radius 3 is 2.94 bits per heavy atom. The van der Waals surface area contributed by atoms with Gasteiger partial charge in [0, 0.05) is 42.5 Å². The molecule has 31 heavy (non-hydrogen) atoms. The molecule has 0 unspecified atom stereocenters. The van der Waals surface area contributed by atoms with E-state index in [-0.39, 0.29) is 0 Å². The average Bonchev–Trinajstić information content (AvgIpc) is 3.18. The summed E-state index contributed by atoms with van der Waals surface area (Å²) in [6, 6.07) is 8.72. The average molecular weight is 415 g/mol. The van der Waals surface area contributed by atoms with Gasteiger partial charge in [0.15, 0.2) is 5.82 Å². The highest BCUT2D eigenvalue weighted by atomic mass is 15.4. The van der Waals surface area contributed by atoms with Gasteiger partial charge in [-0.2, -0.15) is 0 Å². The molecule has 1 fully saturated rings. The Bertz CT molecular complexity index is 1070. The third kappa shape index (κ3) is 4.10. The Morgan fingerprint density at radius 2 is 2.19 bits per heavy atom. The van der Waals surface area contributed by atoms with Crippen molar-refractivity contribution in [1.82, 2.24) is 15.3 Å². The van der Waals surface area contributed by atoms with Crippen molar-refractivity contribution in [3.8, 4) is 11.3 Å². The Labute approximate surface area is 184 Å². The topological polar surface area (TPSA) is 56.7 Å². The summed E-state index contributed by atoms with van der Waals surface area (Å²) in [5.74, 6) is 1.79. The molecule has 0 saturated carbocycles. The zero-order valence-electron chi connectivity index (χ0n) is 18.6. The van der Waals surface area contributed by atoms with Gasteiger partial charge in [-0.3, -0.25) is 9.98 Å². The second-order valence-electron chi connectivity index (χ2n) is 7.99. The Kier molecular flexibility index (Phi) is 5.89. The maximum atomic E-state index is 5.09. The second-order valence-corrected chi connectivity index (χ2v) is 7.99. The first-order valence-electron chi connectivity index (χ1n) is 10.8. The van der Waals surface area contributed by atoms with Gasteiger partial charge in [-0.15, -0.1) is 0 Å². The zero-order chi connectivity index (χ0) is 22.0. The Hall–Kier alpha value is -3.41. The lowest BCUT2D eigenvalue weighted by Gasteiger charge is -2.38. The number of nitrogens with one attached hydrogen (secondary N) is 1. The van der Waals surface area contributed by atoms with Crippen molar-refractivity contribution in [1.29, 1.82) is 0 Å². The highest BCUT2D eigenvalue weighted by Crippen LogP contribution is 2.41. The van der Waals surface area contributed by atoms with Gasteiger partial charge in [0.1, 0.15) is 5.82 Å². The minimum absolute atomic E-state index is 0.351. The van der Waals surface area contributed by atoms with Crippen LogP contribution >= 0.6 is 0 Å². The zero-order valence-corrected chi connectivity index (χ0v) is 18.6. The molecule has 0 amide bonds. The molecule has 160 valence electrons. The van der Waals surface area contributed by atoms with Crippen LogP contribution in [0.25, 0.3) is 11.3 Å². The summed E-state index contributed by atoms with van der Waals surface area (Å²) >= 11 is 0. The van der Waals surface area contributed by atoms with Crippen LogP contribution in [0.1, 0.15) is 32.4 Å². The first kappa shape index (κ1) is 20.8. The molecule has 1 atom stereocenters. The van der Waals surface area contributed by atoms with E-state index in [9.17, 15) is 0 Å². The summed E-state index contributed by atoms with van der Waals surface area (Å²) in [7, 11) is 0. The quantitative estimate of drug-likeness (QED) is 0.659. The number of anilines is 2. The van der Waals surface area contributed by atoms with Crippen molar-refractivity contribution >= 4 is 17.7 Å². The van der Waals surface area contributed by atoms with Gasteiger partial charge in [0.25, 0.3) is 0 Å². The van der Waals surface area contributed by atoms with E-state index in [1.165, 1.54) is 0 Å². The molecule has 2 aromatic rings. The molecule has 4 rings (SSSR count). The first-order valence-corrected chi connectivity index (χ1v) is 10.8. The number of aromatic nitrogens is 2. The molecule has 2 aliphatic rings. The molecule has 1 N–H and O–H groups in total. The van der Waals surface area contributed by atoms with Gasteiger partial charge >= 0.3 is 0 Å². The third-order valence-electron chi connectivity index (χ3n) is 5.87. The van der Waals surface area contributed by atoms with Gasteiger partial charge < -0.3 is 15.1 Å². The summed E-state index contributed by atoms with van der Waals surface area (Å²) in [4.78, 5) is 18.6. The molecule has 2 bridgehead atoms. The molecule has 0 aromatic carbocycles. The number of hydrogen-bond acceptors (Lipinski definition) is 6. The molecular weight excluding hydrogens is 384 g/mol. The van der Waals surface area contributed by atoms with Crippen LogP contribution < -0.4 is 15.1 Å². The lowest BCUT2D eigenvalue weighted by atomic mass is 10.1. The van der Waals surface area contributed by atoms with Gasteiger partial charge in [0.05, 0.1) is 23.1 Å². The minimum Gasteiger partial charge on any atom is -0.366 e. The van der Waals surface area contributed by atoms with Crippen LogP contribution in [-0.4, -0.2) is 35.3 Å². The smallest absolute Gasteiger partial charge is 0.158 e. The number of pyridine rings is 2. The van der Waals surface area contributed by atoms with E-state index in [0.29, 0.717) is 6.04 Å². The lowest BCUT2D eigenvalue weighted by Crippen LogP contribution is -2.45. The summed E-state index contributed by atoms with van der Waals surface area (Å²) in [5.41, 5.74) is 6.14. The van der Waals surface area contributed by atoms with Crippen LogP contribution in [0.5, 0.6) is 0 Å². The number of hydrogen-bond donors (Lipinski definition) is 1. The number of rotatable bonds is 7. The second kappa shape index (κ2) is 8.76. The van der Waals surface area contributed by atoms with Crippen LogP contribution in [0.2, 0.25) is 0 Å². The molecule has 4 heterocycles. The minimum atomic E-state index is 0.351. The maximum Gasteiger partial charge on any atom is 0.158 e. The van der Waals surface area contributed by atoms with Gasteiger partial charge in [-0.05, 0) is 51.0 Å². The standard InChI is InChI=1S/C25H30N6/c1-6-12-27-22(7-2)18(4)28-19(5)31-21-11-14-30(16-21)24-9-8-23(29-25(24)31)20-10-13-26-17(3)15-20/h6,8-10,12-13,15,21,28H,1,5,7,11,14,16H2,2-4H3/b22-18+,27-12?/t21-/m0/s1. The number of nitrogens with zero attached hydrogens (tertiary/aromatic N) is 5. The fourth-order valence-electron chi connectivity index (χ4n) is 4.37. The largest absolute Gasteiger partial charge is 0.366 e. The highest BCUT2D eigenvalue weighted by molar-refractivity contribution is 5.77. The molecule has 1 saturated heterocycles. The van der Waals surface area contributed by atoms with Gasteiger partial charge in [-0.1, -0.05) is 26.2 Å². The van der Waals surface area contributed by atoms with E-state index in [0.717, 1.165) is 71.6 Å². The van der Waals surface area contributed by atoms with E-state index in [2.05, 4.69) is 63.4 Å². The van der Waals surface area contributed by atoms with Crippen molar-refractivity contribution < 1.29 is 0 Å². The van der Waals surface area contributed by atoms with Crippen molar-refractivity contribution in [3.05, 3.63) is 72.6 Å². The monoisotopic (exact) mass is 414 g/mol. The Morgan fingerprint density at radius 1 is 1.35 bits per heavy atom. The van der Waals surface area contributed by atoms with Crippen LogP contribution in [0.3, 0.4) is 0 Å². The molecule has 6 heteroatoms. The van der Waals surface area contributed by atoms with Crippen LogP contribution in [0.15, 0.2) is 71.9 Å². The SMILES string of the molecule is C=CC=N/C(CC)=C(\C)NC(=C)N1c2nc(-c3ccnc(C)c3)ccc2N2CC[C@H]1C2. The molecule has 2 aliphatic heterocycles. The maximum absolute atomic E-state index is 5.09. The summed E-state index contributed by atoms with van der Waals surface area (Å²) < 4.78 is 0. The van der Waals surface area contributed by atoms with E-state index in [4.69, 9.17) is 4.98 Å². The summed E-state index contributed by atoms with van der Waals surface area (Å²) in [5, 5.41) is 3.50.